The standard InChI is InChI=1S/C16H20Cl2N2O4S/c17-13-4-3-12(10-14(13)18)11-25(22,23)20-5-1-2-15(20)16(21)19-6-8-24-9-7-19/h3-4,10,15H,1-2,5-9,11H2. The van der Waals surface area contributed by atoms with Gasteiger partial charge in [0.25, 0.3) is 0 Å². The van der Waals surface area contributed by atoms with E-state index in [-0.39, 0.29) is 11.7 Å². The predicted octanol–water partition coefficient (Wildman–Crippen LogP) is 2.15. The Bertz CT molecular complexity index is 751. The van der Waals surface area contributed by atoms with Crippen molar-refractivity contribution in [2.45, 2.75) is 24.6 Å². The highest BCUT2D eigenvalue weighted by molar-refractivity contribution is 7.88. The first-order valence-corrected chi connectivity index (χ1v) is 10.5. The lowest BCUT2D eigenvalue weighted by Crippen LogP contribution is -2.51. The summed E-state index contributed by atoms with van der Waals surface area (Å²) in [5.41, 5.74) is 0.555. The molecule has 0 aliphatic carbocycles. The van der Waals surface area contributed by atoms with E-state index in [4.69, 9.17) is 27.9 Å². The highest BCUT2D eigenvalue weighted by atomic mass is 35.5. The number of rotatable bonds is 4. The molecule has 3 rings (SSSR count). The quantitative estimate of drug-likeness (QED) is 0.767. The summed E-state index contributed by atoms with van der Waals surface area (Å²) >= 11 is 11.8. The first-order chi connectivity index (χ1) is 11.9. The summed E-state index contributed by atoms with van der Waals surface area (Å²) in [7, 11) is -3.62. The van der Waals surface area contributed by atoms with E-state index in [1.807, 2.05) is 0 Å². The van der Waals surface area contributed by atoms with Gasteiger partial charge in [-0.15, -0.1) is 0 Å². The molecule has 2 fully saturated rings. The van der Waals surface area contributed by atoms with Crippen LogP contribution < -0.4 is 0 Å². The molecule has 0 saturated carbocycles. The van der Waals surface area contributed by atoms with Crippen molar-refractivity contribution >= 4 is 39.1 Å². The third-order valence-electron chi connectivity index (χ3n) is 4.50. The van der Waals surface area contributed by atoms with Crippen LogP contribution in [0.2, 0.25) is 10.0 Å². The molecular formula is C16H20Cl2N2O4S. The average molecular weight is 407 g/mol. The first-order valence-electron chi connectivity index (χ1n) is 8.18. The Morgan fingerprint density at radius 1 is 1.16 bits per heavy atom. The van der Waals surface area contributed by atoms with Crippen molar-refractivity contribution in [1.29, 1.82) is 0 Å². The molecule has 9 heteroatoms. The number of halogens is 2. The summed E-state index contributed by atoms with van der Waals surface area (Å²) in [6.45, 7) is 2.37. The maximum absolute atomic E-state index is 12.9. The number of nitrogens with zero attached hydrogens (tertiary/aromatic N) is 2. The Morgan fingerprint density at radius 3 is 2.56 bits per heavy atom. The zero-order chi connectivity index (χ0) is 18.0. The SMILES string of the molecule is O=C(C1CCCN1S(=O)(=O)Cc1ccc(Cl)c(Cl)c1)N1CCOCC1. The molecule has 2 saturated heterocycles. The second-order valence-corrected chi connectivity index (χ2v) is 8.95. The van der Waals surface area contributed by atoms with Gasteiger partial charge >= 0.3 is 0 Å². The maximum Gasteiger partial charge on any atom is 0.241 e. The number of hydrogen-bond acceptors (Lipinski definition) is 4. The van der Waals surface area contributed by atoms with E-state index in [9.17, 15) is 13.2 Å². The Labute approximate surface area is 157 Å². The number of carbonyl (C=O) groups is 1. The molecule has 1 atom stereocenters. The average Bonchev–Trinajstić information content (AvgIpc) is 3.09. The van der Waals surface area contributed by atoms with Crippen LogP contribution >= 0.6 is 23.2 Å². The van der Waals surface area contributed by atoms with E-state index in [0.717, 1.165) is 0 Å². The van der Waals surface area contributed by atoms with E-state index < -0.39 is 16.1 Å². The third kappa shape index (κ3) is 4.28. The minimum absolute atomic E-state index is 0.126. The molecule has 1 amide bonds. The van der Waals surface area contributed by atoms with Crippen molar-refractivity contribution in [3.8, 4) is 0 Å². The molecule has 138 valence electrons. The van der Waals surface area contributed by atoms with Gasteiger partial charge in [0.15, 0.2) is 0 Å². The summed E-state index contributed by atoms with van der Waals surface area (Å²) in [6.07, 6.45) is 1.23. The van der Waals surface area contributed by atoms with Crippen molar-refractivity contribution in [3.05, 3.63) is 33.8 Å². The topological polar surface area (TPSA) is 66.9 Å². The van der Waals surface area contributed by atoms with Crippen molar-refractivity contribution in [1.82, 2.24) is 9.21 Å². The van der Waals surface area contributed by atoms with Gasteiger partial charge in [0, 0.05) is 19.6 Å². The smallest absolute Gasteiger partial charge is 0.241 e. The van der Waals surface area contributed by atoms with Crippen molar-refractivity contribution < 1.29 is 17.9 Å². The number of amides is 1. The lowest BCUT2D eigenvalue weighted by atomic mass is 10.2. The van der Waals surface area contributed by atoms with E-state index in [1.165, 1.54) is 4.31 Å². The molecule has 0 N–H and O–H groups in total. The lowest BCUT2D eigenvalue weighted by Gasteiger charge is -2.32. The molecule has 0 radical (unpaired) electrons. The van der Waals surface area contributed by atoms with Crippen LogP contribution in [0.1, 0.15) is 18.4 Å². The third-order valence-corrected chi connectivity index (χ3v) is 7.09. The van der Waals surface area contributed by atoms with Crippen LogP contribution in [0.3, 0.4) is 0 Å². The van der Waals surface area contributed by atoms with Crippen LogP contribution in [0, 0.1) is 0 Å². The maximum atomic E-state index is 12.9. The highest BCUT2D eigenvalue weighted by Crippen LogP contribution is 2.28. The molecule has 2 heterocycles. The van der Waals surface area contributed by atoms with Crippen LogP contribution in [0.15, 0.2) is 18.2 Å². The fraction of sp³-hybridized carbons (Fsp3) is 0.562. The molecule has 0 aromatic heterocycles. The van der Waals surface area contributed by atoms with E-state index in [0.29, 0.717) is 61.3 Å². The first kappa shape index (κ1) is 18.9. The van der Waals surface area contributed by atoms with Gasteiger partial charge in [-0.25, -0.2) is 8.42 Å². The molecule has 2 aliphatic rings. The van der Waals surface area contributed by atoms with Crippen molar-refractivity contribution in [3.63, 3.8) is 0 Å². The minimum Gasteiger partial charge on any atom is -0.378 e. The molecular weight excluding hydrogens is 387 g/mol. The molecule has 0 bridgehead atoms. The molecule has 1 aromatic rings. The number of benzene rings is 1. The van der Waals surface area contributed by atoms with Gasteiger partial charge < -0.3 is 9.64 Å². The number of sulfonamides is 1. The van der Waals surface area contributed by atoms with Gasteiger partial charge in [0.05, 0.1) is 29.0 Å². The van der Waals surface area contributed by atoms with Gasteiger partial charge in [-0.05, 0) is 30.5 Å². The number of ether oxygens (including phenoxy) is 1. The predicted molar refractivity (Wildman–Crippen MR) is 96.2 cm³/mol. The molecule has 1 unspecified atom stereocenters. The zero-order valence-electron chi connectivity index (χ0n) is 13.7. The second kappa shape index (κ2) is 7.80. The van der Waals surface area contributed by atoms with Gasteiger partial charge in [0.2, 0.25) is 15.9 Å². The largest absolute Gasteiger partial charge is 0.378 e. The Morgan fingerprint density at radius 2 is 1.88 bits per heavy atom. The Kier molecular flexibility index (Phi) is 5.90. The lowest BCUT2D eigenvalue weighted by molar-refractivity contribution is -0.138. The molecule has 25 heavy (non-hydrogen) atoms. The monoisotopic (exact) mass is 406 g/mol. The van der Waals surface area contributed by atoms with E-state index in [1.54, 1.807) is 23.1 Å². The Hall–Kier alpha value is -0.860. The number of hydrogen-bond donors (Lipinski definition) is 0. The summed E-state index contributed by atoms with van der Waals surface area (Å²) in [5.74, 6) is -0.324. The number of morpholine rings is 1. The zero-order valence-corrected chi connectivity index (χ0v) is 16.0. The van der Waals surface area contributed by atoms with E-state index >= 15 is 0 Å². The summed E-state index contributed by atoms with van der Waals surface area (Å²) in [4.78, 5) is 14.4. The van der Waals surface area contributed by atoms with Gasteiger partial charge in [-0.1, -0.05) is 29.3 Å². The second-order valence-electron chi connectivity index (χ2n) is 6.21. The summed E-state index contributed by atoms with van der Waals surface area (Å²) < 4.78 is 32.3. The Balaban J connectivity index is 1.75. The molecule has 0 spiro atoms. The van der Waals surface area contributed by atoms with Crippen LogP contribution in [-0.2, 0) is 25.3 Å². The van der Waals surface area contributed by atoms with E-state index in [2.05, 4.69) is 0 Å². The fourth-order valence-corrected chi connectivity index (χ4v) is 5.32. The van der Waals surface area contributed by atoms with Crippen molar-refractivity contribution in [2.24, 2.45) is 0 Å². The normalized spacial score (nSPS) is 22.3. The van der Waals surface area contributed by atoms with Crippen molar-refractivity contribution in [2.75, 3.05) is 32.8 Å². The number of carbonyl (C=O) groups excluding carboxylic acids is 1. The van der Waals surface area contributed by atoms with Crippen LogP contribution in [0.4, 0.5) is 0 Å². The van der Waals surface area contributed by atoms with Crippen LogP contribution in [-0.4, -0.2) is 62.4 Å². The molecule has 1 aromatic carbocycles. The van der Waals surface area contributed by atoms with Gasteiger partial charge in [-0.3, -0.25) is 4.79 Å². The van der Waals surface area contributed by atoms with Gasteiger partial charge in [0.1, 0.15) is 6.04 Å². The molecule has 6 nitrogen and oxygen atoms in total. The summed E-state index contributed by atoms with van der Waals surface area (Å²) in [5, 5.41) is 0.695. The fourth-order valence-electron chi connectivity index (χ4n) is 3.24. The highest BCUT2D eigenvalue weighted by Gasteiger charge is 2.40. The van der Waals surface area contributed by atoms with Crippen LogP contribution in [0.25, 0.3) is 0 Å². The molecule has 2 aliphatic heterocycles. The summed E-state index contributed by atoms with van der Waals surface area (Å²) in [6, 6.07) is 4.15. The minimum atomic E-state index is -3.62. The van der Waals surface area contributed by atoms with Gasteiger partial charge in [-0.2, -0.15) is 4.31 Å². The van der Waals surface area contributed by atoms with Crippen LogP contribution in [0.5, 0.6) is 0 Å².